The molecule has 0 saturated carbocycles. The summed E-state index contributed by atoms with van der Waals surface area (Å²) < 4.78 is 0. The highest BCUT2D eigenvalue weighted by Gasteiger charge is 2.17. The standard InChI is InChI=1S/C14H17N3OS2/c1-9-12(19-8-15-9)13(18)17-14-16-10-6-4-2-3-5-7-11(10)20-14/h8H,2-7H2,1H3,(H,16,17,18). The van der Waals surface area contributed by atoms with Gasteiger partial charge in [-0.1, -0.05) is 12.8 Å². The Kier molecular flexibility index (Phi) is 4.12. The molecule has 0 saturated heterocycles. The zero-order valence-corrected chi connectivity index (χ0v) is 13.1. The van der Waals surface area contributed by atoms with Crippen LogP contribution in [-0.4, -0.2) is 15.9 Å². The van der Waals surface area contributed by atoms with Crippen LogP contribution < -0.4 is 5.32 Å². The van der Waals surface area contributed by atoms with Gasteiger partial charge in [-0.2, -0.15) is 0 Å². The highest BCUT2D eigenvalue weighted by atomic mass is 32.1. The third-order valence-electron chi connectivity index (χ3n) is 3.52. The molecule has 0 aliphatic heterocycles. The van der Waals surface area contributed by atoms with Gasteiger partial charge in [0.2, 0.25) is 0 Å². The minimum atomic E-state index is -0.0910. The molecule has 0 aromatic carbocycles. The van der Waals surface area contributed by atoms with E-state index in [1.807, 2.05) is 6.92 Å². The van der Waals surface area contributed by atoms with Crippen molar-refractivity contribution in [3.05, 3.63) is 26.7 Å². The minimum absolute atomic E-state index is 0.0910. The van der Waals surface area contributed by atoms with E-state index in [9.17, 15) is 4.79 Å². The van der Waals surface area contributed by atoms with Crippen molar-refractivity contribution < 1.29 is 4.79 Å². The lowest BCUT2D eigenvalue weighted by Gasteiger charge is -2.06. The molecular weight excluding hydrogens is 290 g/mol. The number of carbonyl (C=O) groups excluding carboxylic acids is 1. The van der Waals surface area contributed by atoms with E-state index in [-0.39, 0.29) is 5.91 Å². The molecule has 0 radical (unpaired) electrons. The first-order valence-corrected chi connectivity index (χ1v) is 8.63. The maximum absolute atomic E-state index is 12.2. The smallest absolute Gasteiger partial charge is 0.269 e. The van der Waals surface area contributed by atoms with E-state index in [1.54, 1.807) is 16.8 Å². The first-order valence-electron chi connectivity index (χ1n) is 6.94. The van der Waals surface area contributed by atoms with E-state index < -0.39 is 0 Å². The Bertz CT molecular complexity index is 592. The van der Waals surface area contributed by atoms with Crippen LogP contribution in [0.1, 0.15) is 51.6 Å². The number of nitrogens with one attached hydrogen (secondary N) is 1. The lowest BCUT2D eigenvalue weighted by Crippen LogP contribution is -2.11. The van der Waals surface area contributed by atoms with Gasteiger partial charge in [-0.3, -0.25) is 10.1 Å². The monoisotopic (exact) mass is 307 g/mol. The first-order chi connectivity index (χ1) is 9.74. The molecule has 0 spiro atoms. The predicted octanol–water partition coefficient (Wildman–Crippen LogP) is 3.82. The van der Waals surface area contributed by atoms with Crippen LogP contribution in [0, 0.1) is 6.92 Å². The van der Waals surface area contributed by atoms with E-state index in [0.717, 1.165) is 23.7 Å². The summed E-state index contributed by atoms with van der Waals surface area (Å²) in [7, 11) is 0. The number of aryl methyl sites for hydroxylation is 3. The van der Waals surface area contributed by atoms with Crippen LogP contribution in [0.3, 0.4) is 0 Å². The van der Waals surface area contributed by atoms with Gasteiger partial charge < -0.3 is 0 Å². The van der Waals surface area contributed by atoms with Crippen LogP contribution in [0.25, 0.3) is 0 Å². The van der Waals surface area contributed by atoms with E-state index in [4.69, 9.17) is 0 Å². The zero-order valence-electron chi connectivity index (χ0n) is 11.4. The highest BCUT2D eigenvalue weighted by Crippen LogP contribution is 2.29. The number of nitrogens with zero attached hydrogens (tertiary/aromatic N) is 2. The lowest BCUT2D eigenvalue weighted by atomic mass is 10.0. The Morgan fingerprint density at radius 3 is 2.80 bits per heavy atom. The highest BCUT2D eigenvalue weighted by molar-refractivity contribution is 7.16. The quantitative estimate of drug-likeness (QED) is 0.917. The van der Waals surface area contributed by atoms with Gasteiger partial charge in [-0.25, -0.2) is 9.97 Å². The maximum Gasteiger partial charge on any atom is 0.269 e. The van der Waals surface area contributed by atoms with Gasteiger partial charge in [0.1, 0.15) is 4.88 Å². The molecule has 2 heterocycles. The Labute approximate surface area is 126 Å². The molecule has 2 aromatic heterocycles. The third kappa shape index (κ3) is 2.91. The Hall–Kier alpha value is -1.27. The van der Waals surface area contributed by atoms with Gasteiger partial charge in [0.25, 0.3) is 5.91 Å². The number of anilines is 1. The summed E-state index contributed by atoms with van der Waals surface area (Å²) in [4.78, 5) is 22.9. The second-order valence-electron chi connectivity index (χ2n) is 5.02. The fourth-order valence-corrected chi connectivity index (χ4v) is 4.18. The van der Waals surface area contributed by atoms with Gasteiger partial charge in [0.05, 0.1) is 16.9 Å². The summed E-state index contributed by atoms with van der Waals surface area (Å²) in [5.74, 6) is -0.0910. The normalized spacial score (nSPS) is 15.2. The SMILES string of the molecule is Cc1ncsc1C(=O)Nc1nc2c(s1)CCCCCC2. The van der Waals surface area contributed by atoms with E-state index in [2.05, 4.69) is 15.3 Å². The van der Waals surface area contributed by atoms with Gasteiger partial charge in [-0.05, 0) is 32.6 Å². The van der Waals surface area contributed by atoms with Gasteiger partial charge >= 0.3 is 0 Å². The summed E-state index contributed by atoms with van der Waals surface area (Å²) in [6.45, 7) is 1.85. The van der Waals surface area contributed by atoms with Gasteiger partial charge in [0, 0.05) is 4.88 Å². The average molecular weight is 307 g/mol. The molecule has 1 aliphatic rings. The summed E-state index contributed by atoms with van der Waals surface area (Å²) in [6.07, 6.45) is 7.18. The Morgan fingerprint density at radius 1 is 1.25 bits per heavy atom. The molecule has 1 amide bonds. The van der Waals surface area contributed by atoms with Gasteiger partial charge in [0.15, 0.2) is 5.13 Å². The number of amides is 1. The second kappa shape index (κ2) is 6.01. The van der Waals surface area contributed by atoms with Crippen molar-refractivity contribution in [2.45, 2.75) is 45.4 Å². The van der Waals surface area contributed by atoms with Gasteiger partial charge in [-0.15, -0.1) is 22.7 Å². The molecule has 1 N–H and O–H groups in total. The Morgan fingerprint density at radius 2 is 2.05 bits per heavy atom. The van der Waals surface area contributed by atoms with Crippen molar-refractivity contribution in [3.8, 4) is 0 Å². The first kappa shape index (κ1) is 13.7. The minimum Gasteiger partial charge on any atom is -0.297 e. The van der Waals surface area contributed by atoms with E-state index >= 15 is 0 Å². The summed E-state index contributed by atoms with van der Waals surface area (Å²) in [5, 5.41) is 3.65. The summed E-state index contributed by atoms with van der Waals surface area (Å²) >= 11 is 3.00. The van der Waals surface area contributed by atoms with Crippen molar-refractivity contribution in [2.24, 2.45) is 0 Å². The molecule has 0 unspecified atom stereocenters. The number of hydrogen-bond donors (Lipinski definition) is 1. The molecular formula is C14H17N3OS2. The molecule has 0 fully saturated rings. The van der Waals surface area contributed by atoms with Crippen LogP contribution in [0.15, 0.2) is 5.51 Å². The van der Waals surface area contributed by atoms with Crippen molar-refractivity contribution in [3.63, 3.8) is 0 Å². The molecule has 0 bridgehead atoms. The fourth-order valence-electron chi connectivity index (χ4n) is 2.43. The van der Waals surface area contributed by atoms with Crippen LogP contribution in [0.5, 0.6) is 0 Å². The van der Waals surface area contributed by atoms with Crippen molar-refractivity contribution in [1.82, 2.24) is 9.97 Å². The van der Waals surface area contributed by atoms with Crippen LogP contribution in [0.2, 0.25) is 0 Å². The number of rotatable bonds is 2. The van der Waals surface area contributed by atoms with E-state index in [1.165, 1.54) is 47.6 Å². The maximum atomic E-state index is 12.2. The number of aromatic nitrogens is 2. The van der Waals surface area contributed by atoms with Crippen molar-refractivity contribution >= 4 is 33.7 Å². The predicted molar refractivity (Wildman–Crippen MR) is 82.8 cm³/mol. The zero-order chi connectivity index (χ0) is 13.9. The number of fused-ring (bicyclic) bond motifs is 1. The number of thiazole rings is 2. The molecule has 1 aliphatic carbocycles. The molecule has 3 rings (SSSR count). The lowest BCUT2D eigenvalue weighted by molar-refractivity contribution is 0.103. The van der Waals surface area contributed by atoms with Crippen molar-refractivity contribution in [2.75, 3.05) is 5.32 Å². The topological polar surface area (TPSA) is 54.9 Å². The second-order valence-corrected chi connectivity index (χ2v) is 6.96. The molecule has 20 heavy (non-hydrogen) atoms. The van der Waals surface area contributed by atoms with Crippen molar-refractivity contribution in [1.29, 1.82) is 0 Å². The van der Waals surface area contributed by atoms with Crippen LogP contribution >= 0.6 is 22.7 Å². The third-order valence-corrected chi connectivity index (χ3v) is 5.52. The summed E-state index contributed by atoms with van der Waals surface area (Å²) in [5.41, 5.74) is 3.67. The molecule has 4 nitrogen and oxygen atoms in total. The molecule has 106 valence electrons. The van der Waals surface area contributed by atoms with Crippen LogP contribution in [0.4, 0.5) is 5.13 Å². The molecule has 2 aromatic rings. The van der Waals surface area contributed by atoms with E-state index in [0.29, 0.717) is 4.88 Å². The molecule has 0 atom stereocenters. The summed E-state index contributed by atoms with van der Waals surface area (Å²) in [6, 6.07) is 0. The van der Waals surface area contributed by atoms with Crippen LogP contribution in [-0.2, 0) is 12.8 Å². The Balaban J connectivity index is 1.76. The number of carbonyl (C=O) groups is 1. The largest absolute Gasteiger partial charge is 0.297 e. The fraction of sp³-hybridized carbons (Fsp3) is 0.500. The number of hydrogen-bond acceptors (Lipinski definition) is 5. The average Bonchev–Trinajstić information content (AvgIpc) is 2.96. The molecule has 6 heteroatoms.